The molecule has 1 aromatic heterocycles. The van der Waals surface area contributed by atoms with Crippen molar-refractivity contribution in [1.29, 1.82) is 0 Å². The van der Waals surface area contributed by atoms with Gasteiger partial charge in [-0.25, -0.2) is 4.79 Å². The second-order valence-corrected chi connectivity index (χ2v) is 3.74. The lowest BCUT2D eigenvalue weighted by atomic mass is 10.2. The van der Waals surface area contributed by atoms with Crippen LogP contribution in [0.15, 0.2) is 23.2 Å². The summed E-state index contributed by atoms with van der Waals surface area (Å²) in [5.41, 5.74) is 2.44. The predicted molar refractivity (Wildman–Crippen MR) is 60.4 cm³/mol. The zero-order chi connectivity index (χ0) is 11.0. The number of hydrogen-bond donors (Lipinski definition) is 0. The Labute approximate surface area is 92.0 Å². The minimum Gasteiger partial charge on any atom is -0.345 e. The number of aromatic nitrogens is 1. The Morgan fingerprint density at radius 3 is 2.87 bits per heavy atom. The van der Waals surface area contributed by atoms with Crippen LogP contribution in [-0.2, 0) is 11.8 Å². The van der Waals surface area contributed by atoms with E-state index in [9.17, 15) is 4.79 Å². The van der Waals surface area contributed by atoms with Gasteiger partial charge in [0.25, 0.3) is 0 Å². The molecule has 0 aliphatic carbocycles. The highest BCUT2D eigenvalue weighted by atomic mass is 35.5. The maximum absolute atomic E-state index is 10.3. The van der Waals surface area contributed by atoms with E-state index in [1.165, 1.54) is 0 Å². The van der Waals surface area contributed by atoms with Gasteiger partial charge >= 0.3 is 0 Å². The molecule has 1 aromatic carbocycles. The number of hydrogen-bond acceptors (Lipinski definition) is 2. The number of para-hydroxylation sites is 1. The molecule has 0 aliphatic heterocycles. The Morgan fingerprint density at radius 1 is 1.47 bits per heavy atom. The SMILES string of the molecule is Cc1c(N=C=O)c2cccc(Cl)c2n1C. The third-order valence-electron chi connectivity index (χ3n) is 2.58. The summed E-state index contributed by atoms with van der Waals surface area (Å²) in [6.07, 6.45) is 1.57. The number of halogens is 1. The first-order valence-corrected chi connectivity index (χ1v) is 4.86. The summed E-state index contributed by atoms with van der Waals surface area (Å²) >= 11 is 6.09. The van der Waals surface area contributed by atoms with Gasteiger partial charge in [-0.3, -0.25) is 0 Å². The molecule has 1 heterocycles. The number of isocyanates is 1. The lowest BCUT2D eigenvalue weighted by molar-refractivity contribution is 0.565. The van der Waals surface area contributed by atoms with Crippen LogP contribution in [-0.4, -0.2) is 10.6 Å². The Kier molecular flexibility index (Phi) is 2.35. The molecule has 0 atom stereocenters. The molecular formula is C11H9ClN2O. The molecule has 0 fully saturated rings. The van der Waals surface area contributed by atoms with Crippen molar-refractivity contribution in [2.45, 2.75) is 6.92 Å². The largest absolute Gasteiger partial charge is 0.345 e. The molecule has 0 radical (unpaired) electrons. The van der Waals surface area contributed by atoms with Gasteiger partial charge in [0, 0.05) is 18.1 Å². The molecule has 2 aromatic rings. The molecule has 15 heavy (non-hydrogen) atoms. The average Bonchev–Trinajstić information content (AvgIpc) is 2.45. The van der Waals surface area contributed by atoms with E-state index in [0.717, 1.165) is 16.6 Å². The van der Waals surface area contributed by atoms with Crippen LogP contribution in [0.5, 0.6) is 0 Å². The predicted octanol–water partition coefficient (Wildman–Crippen LogP) is 3.11. The molecule has 4 heteroatoms. The van der Waals surface area contributed by atoms with E-state index in [-0.39, 0.29) is 0 Å². The van der Waals surface area contributed by atoms with Gasteiger partial charge in [-0.2, -0.15) is 4.99 Å². The Bertz CT molecular complexity index is 580. The van der Waals surface area contributed by atoms with E-state index >= 15 is 0 Å². The lowest BCUT2D eigenvalue weighted by Gasteiger charge is -1.99. The number of carbonyl (C=O) groups excluding carboxylic acids is 1. The summed E-state index contributed by atoms with van der Waals surface area (Å²) in [6.45, 7) is 1.90. The number of benzene rings is 1. The minimum absolute atomic E-state index is 0.644. The van der Waals surface area contributed by atoms with Gasteiger partial charge in [-0.1, -0.05) is 23.7 Å². The Balaban J connectivity index is 2.99. The van der Waals surface area contributed by atoms with Crippen LogP contribution in [0.4, 0.5) is 5.69 Å². The highest BCUT2D eigenvalue weighted by molar-refractivity contribution is 6.35. The van der Waals surface area contributed by atoms with Gasteiger partial charge in [0.15, 0.2) is 0 Å². The first-order chi connectivity index (χ1) is 7.16. The standard InChI is InChI=1S/C11H9ClN2O/c1-7-10(13-6-15)8-4-3-5-9(12)11(8)14(7)2/h3-5H,1-2H3. The third-order valence-corrected chi connectivity index (χ3v) is 2.89. The molecule has 0 saturated carbocycles. The molecule has 0 saturated heterocycles. The molecule has 0 aliphatic rings. The Hall–Kier alpha value is -1.57. The van der Waals surface area contributed by atoms with Gasteiger partial charge < -0.3 is 4.57 Å². The van der Waals surface area contributed by atoms with Crippen LogP contribution >= 0.6 is 11.6 Å². The van der Waals surface area contributed by atoms with Crippen LogP contribution in [0, 0.1) is 6.92 Å². The van der Waals surface area contributed by atoms with Crippen LogP contribution < -0.4 is 0 Å². The number of aryl methyl sites for hydroxylation is 1. The fourth-order valence-corrected chi connectivity index (χ4v) is 2.06. The normalized spacial score (nSPS) is 10.3. The van der Waals surface area contributed by atoms with Gasteiger partial charge in [0.05, 0.1) is 10.5 Å². The van der Waals surface area contributed by atoms with Crippen LogP contribution in [0.3, 0.4) is 0 Å². The minimum atomic E-state index is 0.644. The fraction of sp³-hybridized carbons (Fsp3) is 0.182. The lowest BCUT2D eigenvalue weighted by Crippen LogP contribution is -1.89. The van der Waals surface area contributed by atoms with Crippen molar-refractivity contribution >= 4 is 34.3 Å². The van der Waals surface area contributed by atoms with E-state index in [0.29, 0.717) is 10.7 Å². The molecule has 76 valence electrons. The summed E-state index contributed by atoms with van der Waals surface area (Å²) < 4.78 is 1.92. The fourth-order valence-electron chi connectivity index (χ4n) is 1.76. The second-order valence-electron chi connectivity index (χ2n) is 3.33. The van der Waals surface area contributed by atoms with Crippen LogP contribution in [0.1, 0.15) is 5.69 Å². The zero-order valence-electron chi connectivity index (χ0n) is 8.41. The first kappa shape index (κ1) is 9.97. The molecule has 0 N–H and O–H groups in total. The average molecular weight is 221 g/mol. The highest BCUT2D eigenvalue weighted by Crippen LogP contribution is 2.35. The summed E-state index contributed by atoms with van der Waals surface area (Å²) in [6, 6.07) is 5.55. The van der Waals surface area contributed by atoms with Crippen molar-refractivity contribution in [2.24, 2.45) is 12.0 Å². The van der Waals surface area contributed by atoms with Crippen LogP contribution in [0.2, 0.25) is 5.02 Å². The summed E-state index contributed by atoms with van der Waals surface area (Å²) in [5, 5.41) is 1.54. The van der Waals surface area contributed by atoms with Crippen molar-refractivity contribution in [3.63, 3.8) is 0 Å². The summed E-state index contributed by atoms with van der Waals surface area (Å²) in [4.78, 5) is 14.0. The molecule has 2 rings (SSSR count). The van der Waals surface area contributed by atoms with Gasteiger partial charge in [-0.15, -0.1) is 0 Å². The molecule has 0 amide bonds. The number of nitrogens with zero attached hydrogens (tertiary/aromatic N) is 2. The maximum Gasteiger partial charge on any atom is 0.240 e. The van der Waals surface area contributed by atoms with Gasteiger partial charge in [-0.05, 0) is 13.0 Å². The smallest absolute Gasteiger partial charge is 0.240 e. The summed E-state index contributed by atoms with van der Waals surface area (Å²) in [7, 11) is 1.90. The monoisotopic (exact) mass is 220 g/mol. The van der Waals surface area contributed by atoms with E-state index < -0.39 is 0 Å². The Morgan fingerprint density at radius 2 is 2.20 bits per heavy atom. The number of aliphatic imine (C=N–C) groups is 1. The first-order valence-electron chi connectivity index (χ1n) is 4.48. The third kappa shape index (κ3) is 1.37. The topological polar surface area (TPSA) is 34.4 Å². The number of fused-ring (bicyclic) bond motifs is 1. The molecule has 0 spiro atoms. The van der Waals surface area contributed by atoms with Crippen LogP contribution in [0.25, 0.3) is 10.9 Å². The van der Waals surface area contributed by atoms with Gasteiger partial charge in [0.1, 0.15) is 5.69 Å². The number of rotatable bonds is 1. The van der Waals surface area contributed by atoms with Crippen molar-refractivity contribution in [1.82, 2.24) is 4.57 Å². The van der Waals surface area contributed by atoms with Crippen molar-refractivity contribution < 1.29 is 4.79 Å². The highest BCUT2D eigenvalue weighted by Gasteiger charge is 2.13. The van der Waals surface area contributed by atoms with Crippen molar-refractivity contribution in [3.05, 3.63) is 28.9 Å². The molecule has 3 nitrogen and oxygen atoms in total. The molecule has 0 bridgehead atoms. The van der Waals surface area contributed by atoms with Gasteiger partial charge in [0.2, 0.25) is 6.08 Å². The maximum atomic E-state index is 10.3. The molecular weight excluding hydrogens is 212 g/mol. The summed E-state index contributed by atoms with van der Waals surface area (Å²) in [5.74, 6) is 0. The van der Waals surface area contributed by atoms with Crippen molar-refractivity contribution in [3.8, 4) is 0 Å². The van der Waals surface area contributed by atoms with E-state index in [1.54, 1.807) is 6.08 Å². The molecule has 0 unspecified atom stereocenters. The quantitative estimate of drug-likeness (QED) is 0.537. The van der Waals surface area contributed by atoms with E-state index in [1.807, 2.05) is 36.7 Å². The second kappa shape index (κ2) is 3.54. The zero-order valence-corrected chi connectivity index (χ0v) is 9.17. The van der Waals surface area contributed by atoms with E-state index in [4.69, 9.17) is 11.6 Å². The van der Waals surface area contributed by atoms with E-state index in [2.05, 4.69) is 4.99 Å². The van der Waals surface area contributed by atoms with Crippen molar-refractivity contribution in [2.75, 3.05) is 0 Å².